The molecule has 4 saturated carbocycles. The fraction of sp³-hybridized carbons (Fsp3) is 0.600. The van der Waals surface area contributed by atoms with Gasteiger partial charge in [0.25, 0.3) is 0 Å². The van der Waals surface area contributed by atoms with Crippen LogP contribution in [0.5, 0.6) is 5.75 Å². The minimum absolute atomic E-state index is 0.0400. The number of para-hydroxylation sites is 1. The van der Waals surface area contributed by atoms with Crippen molar-refractivity contribution in [2.24, 2.45) is 17.3 Å². The first-order valence-corrected chi connectivity index (χ1v) is 11.4. The number of carbonyl (C=O) groups excluding carboxylic acids is 2. The number of esters is 1. The van der Waals surface area contributed by atoms with E-state index in [9.17, 15) is 26.8 Å². The van der Waals surface area contributed by atoms with Gasteiger partial charge in [-0.15, -0.1) is 0 Å². The molecule has 4 aliphatic carbocycles. The molecule has 4 bridgehead atoms. The van der Waals surface area contributed by atoms with E-state index >= 15 is 0 Å². The summed E-state index contributed by atoms with van der Waals surface area (Å²) >= 11 is 0. The summed E-state index contributed by atoms with van der Waals surface area (Å²) in [7, 11) is -5.94. The van der Waals surface area contributed by atoms with Crippen LogP contribution >= 0.6 is 0 Å². The number of benzene rings is 1. The predicted octanol–water partition coefficient (Wildman–Crippen LogP) is 3.15. The predicted molar refractivity (Wildman–Crippen MR) is 102 cm³/mol. The maximum absolute atomic E-state index is 13.5. The Kier molecular flexibility index (Phi) is 5.56. The molecule has 4 aliphatic rings. The van der Waals surface area contributed by atoms with Crippen LogP contribution in [0, 0.1) is 17.3 Å². The Morgan fingerprint density at radius 2 is 1.84 bits per heavy atom. The topological polar surface area (TPSA) is 125 Å². The summed E-state index contributed by atoms with van der Waals surface area (Å²) in [6.07, 6.45) is 1.75. The van der Waals surface area contributed by atoms with Crippen LogP contribution < -0.4 is 4.74 Å². The molecule has 0 heterocycles. The van der Waals surface area contributed by atoms with Gasteiger partial charge in [-0.1, -0.05) is 18.2 Å². The van der Waals surface area contributed by atoms with Gasteiger partial charge in [-0.25, -0.2) is 9.59 Å². The van der Waals surface area contributed by atoms with Gasteiger partial charge in [0.05, 0.1) is 6.61 Å². The number of carbonyl (C=O) groups is 2. The monoisotopic (exact) mass is 476 g/mol. The lowest BCUT2D eigenvalue weighted by molar-refractivity contribution is -0.166. The van der Waals surface area contributed by atoms with E-state index in [1.807, 2.05) is 6.07 Å². The van der Waals surface area contributed by atoms with E-state index in [1.165, 1.54) is 0 Å². The van der Waals surface area contributed by atoms with E-state index in [4.69, 9.17) is 18.8 Å². The molecule has 12 heteroatoms. The largest absolute Gasteiger partial charge is 0.511 e. The van der Waals surface area contributed by atoms with E-state index in [2.05, 4.69) is 4.74 Å². The van der Waals surface area contributed by atoms with Crippen molar-refractivity contribution in [1.82, 2.24) is 0 Å². The third-order valence-electron chi connectivity index (χ3n) is 6.63. The number of halogens is 2. The van der Waals surface area contributed by atoms with Crippen LogP contribution in [0.1, 0.15) is 32.1 Å². The van der Waals surface area contributed by atoms with Crippen LogP contribution in [0.25, 0.3) is 0 Å². The molecule has 0 aromatic heterocycles. The highest BCUT2D eigenvalue weighted by Crippen LogP contribution is 2.68. The molecule has 0 spiro atoms. The van der Waals surface area contributed by atoms with Crippen molar-refractivity contribution in [2.75, 3.05) is 13.4 Å². The van der Waals surface area contributed by atoms with Gasteiger partial charge in [0.15, 0.2) is 0 Å². The van der Waals surface area contributed by atoms with Crippen LogP contribution in [0.3, 0.4) is 0 Å². The van der Waals surface area contributed by atoms with Gasteiger partial charge in [-0.05, 0) is 56.1 Å². The molecule has 9 nitrogen and oxygen atoms in total. The van der Waals surface area contributed by atoms with Gasteiger partial charge in [-0.2, -0.15) is 17.2 Å². The molecule has 1 N–H and O–H groups in total. The van der Waals surface area contributed by atoms with Crippen LogP contribution in [0.4, 0.5) is 13.6 Å². The van der Waals surface area contributed by atoms with Gasteiger partial charge in [-0.3, -0.25) is 4.55 Å². The molecule has 5 rings (SSSR count). The Labute approximate surface area is 182 Å². The molecule has 1 aromatic rings. The first-order valence-electron chi connectivity index (χ1n) is 10.0. The standard InChI is InChI=1S/C20H22F2O9S/c21-20(22,32(25,26)27)16(23)28-11-18-7-13-6-14(18)9-19(8-13,10-18)31-17(24)30-12-29-15-4-2-1-3-5-15/h1-5,13-14H,6-12H2,(H,25,26,27). The molecule has 1 aromatic carbocycles. The second-order valence-corrected chi connectivity index (χ2v) is 10.2. The van der Waals surface area contributed by atoms with Crippen molar-refractivity contribution >= 4 is 22.2 Å². The molecular formula is C20H22F2O9S. The molecule has 0 amide bonds. The Morgan fingerprint density at radius 3 is 2.53 bits per heavy atom. The van der Waals surface area contributed by atoms with Gasteiger partial charge < -0.3 is 18.9 Å². The lowest BCUT2D eigenvalue weighted by atomic mass is 9.74. The highest BCUT2D eigenvalue weighted by atomic mass is 32.2. The second kappa shape index (κ2) is 7.84. The van der Waals surface area contributed by atoms with Gasteiger partial charge in [0, 0.05) is 5.41 Å². The van der Waals surface area contributed by atoms with Crippen LogP contribution in [0.15, 0.2) is 30.3 Å². The van der Waals surface area contributed by atoms with Gasteiger partial charge >= 0.3 is 27.5 Å². The number of alkyl halides is 2. The lowest BCUT2D eigenvalue weighted by Crippen LogP contribution is -2.43. The average Bonchev–Trinajstić information content (AvgIpc) is 3.07. The third-order valence-corrected chi connectivity index (χ3v) is 7.44. The molecular weight excluding hydrogens is 454 g/mol. The number of rotatable bonds is 8. The minimum atomic E-state index is -5.94. The molecule has 4 fully saturated rings. The maximum Gasteiger partial charge on any atom is 0.511 e. The zero-order valence-electron chi connectivity index (χ0n) is 16.9. The average molecular weight is 476 g/mol. The Balaban J connectivity index is 1.34. The molecule has 0 aliphatic heterocycles. The Hall–Kier alpha value is -2.47. The summed E-state index contributed by atoms with van der Waals surface area (Å²) in [4.78, 5) is 23.8. The first-order chi connectivity index (χ1) is 14.9. The second-order valence-electron chi connectivity index (χ2n) is 8.77. The minimum Gasteiger partial charge on any atom is -0.460 e. The lowest BCUT2D eigenvalue weighted by Gasteiger charge is -2.39. The maximum atomic E-state index is 13.5. The summed E-state index contributed by atoms with van der Waals surface area (Å²) in [5.74, 6) is -1.70. The molecule has 0 saturated heterocycles. The summed E-state index contributed by atoms with van der Waals surface area (Å²) in [6.45, 7) is -0.797. The number of hydrogen-bond donors (Lipinski definition) is 1. The van der Waals surface area contributed by atoms with E-state index in [-0.39, 0.29) is 25.0 Å². The number of hydrogen-bond acceptors (Lipinski definition) is 8. The fourth-order valence-corrected chi connectivity index (χ4v) is 5.88. The van der Waals surface area contributed by atoms with E-state index in [0.717, 1.165) is 6.42 Å². The van der Waals surface area contributed by atoms with Crippen molar-refractivity contribution in [3.8, 4) is 5.75 Å². The summed E-state index contributed by atoms with van der Waals surface area (Å²) < 4.78 is 77.6. The van der Waals surface area contributed by atoms with Crippen molar-refractivity contribution in [3.05, 3.63) is 30.3 Å². The molecule has 176 valence electrons. The Bertz CT molecular complexity index is 1000. The van der Waals surface area contributed by atoms with Crippen molar-refractivity contribution in [2.45, 2.75) is 43.0 Å². The number of ether oxygens (including phenoxy) is 4. The van der Waals surface area contributed by atoms with Gasteiger partial charge in [0.2, 0.25) is 6.79 Å². The highest BCUT2D eigenvalue weighted by Gasteiger charge is 2.67. The normalized spacial score (nSPS) is 30.7. The molecule has 0 radical (unpaired) electrons. The summed E-state index contributed by atoms with van der Waals surface area (Å²) in [5, 5.41) is -5.05. The smallest absolute Gasteiger partial charge is 0.460 e. The van der Waals surface area contributed by atoms with Crippen LogP contribution in [-0.4, -0.2) is 49.4 Å². The van der Waals surface area contributed by atoms with E-state index in [1.54, 1.807) is 24.3 Å². The van der Waals surface area contributed by atoms with E-state index < -0.39 is 45.1 Å². The van der Waals surface area contributed by atoms with Gasteiger partial charge in [0.1, 0.15) is 11.4 Å². The van der Waals surface area contributed by atoms with Crippen LogP contribution in [0.2, 0.25) is 0 Å². The summed E-state index contributed by atoms with van der Waals surface area (Å²) in [5.41, 5.74) is -1.57. The summed E-state index contributed by atoms with van der Waals surface area (Å²) in [6, 6.07) is 8.72. The quantitative estimate of drug-likeness (QED) is 0.342. The molecule has 4 unspecified atom stereocenters. The van der Waals surface area contributed by atoms with Crippen molar-refractivity contribution < 1.29 is 50.3 Å². The Morgan fingerprint density at radius 1 is 1.12 bits per heavy atom. The van der Waals surface area contributed by atoms with Crippen molar-refractivity contribution in [3.63, 3.8) is 0 Å². The van der Waals surface area contributed by atoms with Crippen molar-refractivity contribution in [1.29, 1.82) is 0 Å². The van der Waals surface area contributed by atoms with Crippen LogP contribution in [-0.2, 0) is 29.1 Å². The molecule has 4 atom stereocenters. The fourth-order valence-electron chi connectivity index (χ4n) is 5.61. The SMILES string of the molecule is O=C(OCOc1ccccc1)OC12CC3CC(C1)C(COC(=O)C(F)(F)S(=O)(=O)O)(C3)C2. The molecule has 32 heavy (non-hydrogen) atoms. The highest BCUT2D eigenvalue weighted by molar-refractivity contribution is 7.87. The third kappa shape index (κ3) is 4.13. The van der Waals surface area contributed by atoms with E-state index in [0.29, 0.717) is 25.0 Å². The first kappa shape index (κ1) is 22.7. The zero-order valence-corrected chi connectivity index (χ0v) is 17.7. The zero-order chi connectivity index (χ0) is 23.2.